The molecule has 0 unspecified atom stereocenters. The Kier molecular flexibility index (Phi) is 6.04. The minimum atomic E-state index is -0.381. The van der Waals surface area contributed by atoms with E-state index in [0.29, 0.717) is 40.6 Å². The Bertz CT molecular complexity index is 1270. The molecule has 0 spiro atoms. The first kappa shape index (κ1) is 20.7. The van der Waals surface area contributed by atoms with Gasteiger partial charge in [0.05, 0.1) is 18.4 Å². The number of para-hydroxylation sites is 2. The summed E-state index contributed by atoms with van der Waals surface area (Å²) in [5, 5.41) is 2.23. The van der Waals surface area contributed by atoms with Crippen LogP contribution in [-0.4, -0.2) is 12.6 Å². The zero-order chi connectivity index (χ0) is 21.8. The summed E-state index contributed by atoms with van der Waals surface area (Å²) in [7, 11) is 0. The molecule has 0 saturated carbocycles. The fourth-order valence-corrected chi connectivity index (χ4v) is 3.78. The van der Waals surface area contributed by atoms with E-state index in [1.165, 1.54) is 17.4 Å². The number of ether oxygens (including phenoxy) is 3. The first-order valence-electron chi connectivity index (χ1n) is 9.75. The topological polar surface area (TPSA) is 75.0 Å². The van der Waals surface area contributed by atoms with Crippen LogP contribution in [0.15, 0.2) is 69.2 Å². The molecular formula is C24H20O6S. The summed E-state index contributed by atoms with van der Waals surface area (Å²) in [4.78, 5) is 26.1. The zero-order valence-electron chi connectivity index (χ0n) is 17.0. The summed E-state index contributed by atoms with van der Waals surface area (Å²) in [6, 6.07) is 15.6. The van der Waals surface area contributed by atoms with Gasteiger partial charge < -0.3 is 18.6 Å². The molecule has 0 N–H and O–H groups in total. The standard InChI is InChI=1S/C24H20O6S/c1-3-27-19-8-4-5-9-20(19)30-24-15(2)28-21-13-16(10-11-18(21)23(24)26)29-22(25)14-17-7-6-12-31-17/h4-13H,3,14H2,1-2H3. The van der Waals surface area contributed by atoms with E-state index >= 15 is 0 Å². The molecule has 2 heterocycles. The third kappa shape index (κ3) is 4.62. The fourth-order valence-electron chi connectivity index (χ4n) is 3.09. The Morgan fingerprint density at radius 2 is 1.87 bits per heavy atom. The number of aryl methyl sites for hydroxylation is 1. The Hall–Kier alpha value is -3.58. The van der Waals surface area contributed by atoms with Crippen molar-refractivity contribution in [3.05, 3.63) is 80.8 Å². The molecule has 0 fully saturated rings. The van der Waals surface area contributed by atoms with Crippen molar-refractivity contribution in [2.75, 3.05) is 6.61 Å². The summed E-state index contributed by atoms with van der Waals surface area (Å²) in [6.45, 7) is 3.99. The van der Waals surface area contributed by atoms with Gasteiger partial charge in [0, 0.05) is 10.9 Å². The van der Waals surface area contributed by atoms with Crippen molar-refractivity contribution < 1.29 is 23.4 Å². The largest absolute Gasteiger partial charge is 0.490 e. The van der Waals surface area contributed by atoms with Crippen molar-refractivity contribution in [1.29, 1.82) is 0 Å². The van der Waals surface area contributed by atoms with Gasteiger partial charge in [-0.2, -0.15) is 0 Å². The van der Waals surface area contributed by atoms with Gasteiger partial charge in [0.1, 0.15) is 17.1 Å². The Balaban J connectivity index is 1.61. The van der Waals surface area contributed by atoms with E-state index in [1.807, 2.05) is 30.5 Å². The van der Waals surface area contributed by atoms with Crippen LogP contribution in [0.3, 0.4) is 0 Å². The summed E-state index contributed by atoms with van der Waals surface area (Å²) < 4.78 is 22.7. The molecule has 7 heteroatoms. The fraction of sp³-hybridized carbons (Fsp3) is 0.167. The second-order valence-corrected chi connectivity index (χ2v) is 7.72. The molecule has 0 aliphatic heterocycles. The molecule has 0 saturated heterocycles. The molecular weight excluding hydrogens is 416 g/mol. The number of benzene rings is 2. The van der Waals surface area contributed by atoms with Gasteiger partial charge >= 0.3 is 5.97 Å². The van der Waals surface area contributed by atoms with E-state index in [0.717, 1.165) is 4.88 Å². The van der Waals surface area contributed by atoms with Gasteiger partial charge in [-0.25, -0.2) is 0 Å². The molecule has 31 heavy (non-hydrogen) atoms. The van der Waals surface area contributed by atoms with E-state index < -0.39 is 0 Å². The van der Waals surface area contributed by atoms with Crippen LogP contribution in [0.1, 0.15) is 17.6 Å². The second-order valence-electron chi connectivity index (χ2n) is 6.69. The van der Waals surface area contributed by atoms with E-state index in [4.69, 9.17) is 18.6 Å². The zero-order valence-corrected chi connectivity index (χ0v) is 17.9. The van der Waals surface area contributed by atoms with Gasteiger partial charge in [-0.1, -0.05) is 18.2 Å². The van der Waals surface area contributed by atoms with E-state index in [1.54, 1.807) is 37.3 Å². The highest BCUT2D eigenvalue weighted by atomic mass is 32.1. The molecule has 0 aliphatic carbocycles. The minimum absolute atomic E-state index is 0.0853. The highest BCUT2D eigenvalue weighted by molar-refractivity contribution is 7.10. The van der Waals surface area contributed by atoms with Gasteiger partial charge in [0.25, 0.3) is 0 Å². The van der Waals surface area contributed by atoms with E-state index in [-0.39, 0.29) is 23.6 Å². The average Bonchev–Trinajstić information content (AvgIpc) is 3.25. The average molecular weight is 436 g/mol. The monoisotopic (exact) mass is 436 g/mol. The number of carbonyl (C=O) groups is 1. The maximum atomic E-state index is 13.0. The smallest absolute Gasteiger partial charge is 0.316 e. The predicted molar refractivity (Wildman–Crippen MR) is 119 cm³/mol. The lowest BCUT2D eigenvalue weighted by atomic mass is 10.2. The number of esters is 1. The van der Waals surface area contributed by atoms with Crippen LogP contribution in [0, 0.1) is 6.92 Å². The molecule has 4 rings (SSSR count). The van der Waals surface area contributed by atoms with Gasteiger partial charge in [-0.15, -0.1) is 11.3 Å². The van der Waals surface area contributed by atoms with Gasteiger partial charge in [-0.3, -0.25) is 9.59 Å². The molecule has 0 bridgehead atoms. The predicted octanol–water partition coefficient (Wildman–Crippen LogP) is 5.50. The number of fused-ring (bicyclic) bond motifs is 1. The van der Waals surface area contributed by atoms with Crippen LogP contribution >= 0.6 is 11.3 Å². The normalized spacial score (nSPS) is 10.8. The third-order valence-electron chi connectivity index (χ3n) is 4.48. The summed E-state index contributed by atoms with van der Waals surface area (Å²) in [5.41, 5.74) is -0.00381. The van der Waals surface area contributed by atoms with Crippen LogP contribution in [-0.2, 0) is 11.2 Å². The number of rotatable bonds is 7. The summed E-state index contributed by atoms with van der Waals surface area (Å²) in [6.07, 6.45) is 0.185. The quantitative estimate of drug-likeness (QED) is 0.281. The van der Waals surface area contributed by atoms with Crippen LogP contribution in [0.2, 0.25) is 0 Å². The molecule has 4 aromatic rings. The molecule has 0 radical (unpaired) electrons. The van der Waals surface area contributed by atoms with Crippen LogP contribution in [0.25, 0.3) is 11.0 Å². The maximum Gasteiger partial charge on any atom is 0.316 e. The number of hydrogen-bond donors (Lipinski definition) is 0. The summed E-state index contributed by atoms with van der Waals surface area (Å²) in [5.74, 6) is 1.29. The highest BCUT2D eigenvalue weighted by Crippen LogP contribution is 2.33. The lowest BCUT2D eigenvalue weighted by Crippen LogP contribution is -2.11. The van der Waals surface area contributed by atoms with Crippen molar-refractivity contribution >= 4 is 28.3 Å². The first-order valence-corrected chi connectivity index (χ1v) is 10.6. The molecule has 0 aliphatic rings. The van der Waals surface area contributed by atoms with Crippen molar-refractivity contribution in [3.8, 4) is 23.0 Å². The van der Waals surface area contributed by atoms with Crippen molar-refractivity contribution in [3.63, 3.8) is 0 Å². The molecule has 158 valence electrons. The van der Waals surface area contributed by atoms with Gasteiger partial charge in [-0.05, 0) is 49.6 Å². The minimum Gasteiger partial charge on any atom is -0.490 e. The second kappa shape index (κ2) is 9.06. The SMILES string of the molecule is CCOc1ccccc1Oc1c(C)oc2cc(OC(=O)Cc3cccs3)ccc2c1=O. The molecule has 2 aromatic heterocycles. The highest BCUT2D eigenvalue weighted by Gasteiger charge is 2.17. The Morgan fingerprint density at radius 1 is 1.06 bits per heavy atom. The van der Waals surface area contributed by atoms with E-state index in [2.05, 4.69) is 0 Å². The molecule has 2 aromatic carbocycles. The van der Waals surface area contributed by atoms with Crippen LogP contribution < -0.4 is 19.6 Å². The molecule has 0 atom stereocenters. The number of thiophene rings is 1. The van der Waals surface area contributed by atoms with Crippen molar-refractivity contribution in [2.24, 2.45) is 0 Å². The van der Waals surface area contributed by atoms with Crippen LogP contribution in [0.5, 0.6) is 23.0 Å². The Morgan fingerprint density at radius 3 is 2.61 bits per heavy atom. The van der Waals surface area contributed by atoms with Crippen LogP contribution in [0.4, 0.5) is 0 Å². The number of hydrogen-bond acceptors (Lipinski definition) is 7. The van der Waals surface area contributed by atoms with Gasteiger partial charge in [0.15, 0.2) is 11.5 Å². The van der Waals surface area contributed by atoms with Crippen molar-refractivity contribution in [2.45, 2.75) is 20.3 Å². The third-order valence-corrected chi connectivity index (χ3v) is 5.35. The van der Waals surface area contributed by atoms with Crippen molar-refractivity contribution in [1.82, 2.24) is 0 Å². The maximum absolute atomic E-state index is 13.0. The molecule has 6 nitrogen and oxygen atoms in total. The summed E-state index contributed by atoms with van der Waals surface area (Å²) >= 11 is 1.49. The molecule has 0 amide bonds. The Labute approximate surface area is 182 Å². The lowest BCUT2D eigenvalue weighted by Gasteiger charge is -2.13. The lowest BCUT2D eigenvalue weighted by molar-refractivity contribution is -0.133. The van der Waals surface area contributed by atoms with Gasteiger partial charge in [0.2, 0.25) is 11.2 Å². The number of carbonyl (C=O) groups excluding carboxylic acids is 1. The first-order chi connectivity index (χ1) is 15.0. The van der Waals surface area contributed by atoms with E-state index in [9.17, 15) is 9.59 Å².